The summed E-state index contributed by atoms with van der Waals surface area (Å²) in [4.78, 5) is 34.0. The fourth-order valence-electron chi connectivity index (χ4n) is 2.59. The van der Waals surface area contributed by atoms with Crippen LogP contribution in [0.25, 0.3) is 10.2 Å². The number of amides is 1. The van der Waals surface area contributed by atoms with Gasteiger partial charge in [-0.3, -0.25) is 24.8 Å². The minimum atomic E-state index is -0.510. The van der Waals surface area contributed by atoms with Crippen molar-refractivity contribution in [3.8, 4) is 0 Å². The Labute approximate surface area is 172 Å². The average Bonchev–Trinajstić information content (AvgIpc) is 3.34. The zero-order chi connectivity index (χ0) is 19.7. The molecule has 0 unspecified atom stereocenters. The molecule has 0 aliphatic heterocycles. The highest BCUT2D eigenvalue weighted by atomic mass is 35.5. The van der Waals surface area contributed by atoms with Crippen molar-refractivity contribution in [2.24, 2.45) is 0 Å². The van der Waals surface area contributed by atoms with E-state index in [4.69, 9.17) is 11.6 Å². The predicted molar refractivity (Wildman–Crippen MR) is 110 cm³/mol. The fraction of sp³-hybridized carbons (Fsp3) is 0.0556. The summed E-state index contributed by atoms with van der Waals surface area (Å²) in [6.45, 7) is 0.232. The lowest BCUT2D eigenvalue weighted by Gasteiger charge is -2.19. The number of thiophene rings is 1. The quantitative estimate of drug-likeness (QED) is 0.322. The molecule has 0 aliphatic rings. The van der Waals surface area contributed by atoms with E-state index < -0.39 is 4.92 Å². The number of nitrogens with zero attached hydrogens (tertiary/aromatic N) is 4. The number of nitro groups is 1. The topological polar surface area (TPSA) is 89.2 Å². The Hall–Kier alpha value is -2.88. The Morgan fingerprint density at radius 2 is 2.04 bits per heavy atom. The van der Waals surface area contributed by atoms with Gasteiger partial charge in [0.15, 0.2) is 5.13 Å². The van der Waals surface area contributed by atoms with E-state index >= 15 is 0 Å². The number of para-hydroxylation sites is 1. The molecule has 3 heterocycles. The molecular weight excluding hydrogens is 420 g/mol. The first kappa shape index (κ1) is 18.5. The first-order valence-electron chi connectivity index (χ1n) is 8.03. The zero-order valence-electron chi connectivity index (χ0n) is 14.1. The van der Waals surface area contributed by atoms with Gasteiger partial charge in [0, 0.05) is 18.5 Å². The van der Waals surface area contributed by atoms with Gasteiger partial charge in [0.2, 0.25) is 0 Å². The van der Waals surface area contributed by atoms with E-state index in [1.165, 1.54) is 28.4 Å². The van der Waals surface area contributed by atoms with Crippen molar-refractivity contribution in [3.05, 3.63) is 80.4 Å². The van der Waals surface area contributed by atoms with Crippen molar-refractivity contribution in [3.63, 3.8) is 0 Å². The summed E-state index contributed by atoms with van der Waals surface area (Å²) in [5, 5.41) is 11.9. The minimum absolute atomic E-state index is 0.0861. The normalized spacial score (nSPS) is 10.9. The monoisotopic (exact) mass is 430 g/mol. The number of carbonyl (C=O) groups excluding carboxylic acids is 1. The van der Waals surface area contributed by atoms with Crippen LogP contribution < -0.4 is 4.90 Å². The van der Waals surface area contributed by atoms with Crippen molar-refractivity contribution in [2.75, 3.05) is 4.90 Å². The molecule has 0 aliphatic carbocycles. The van der Waals surface area contributed by atoms with Crippen LogP contribution >= 0.6 is 34.3 Å². The molecule has 0 radical (unpaired) electrons. The summed E-state index contributed by atoms with van der Waals surface area (Å²) in [5.41, 5.74) is 1.43. The summed E-state index contributed by atoms with van der Waals surface area (Å²) < 4.78 is 0.851. The molecule has 1 aromatic carbocycles. The highest BCUT2D eigenvalue weighted by Gasteiger charge is 2.25. The van der Waals surface area contributed by atoms with Crippen LogP contribution in [-0.4, -0.2) is 20.8 Å². The summed E-state index contributed by atoms with van der Waals surface area (Å²) in [5.74, 6) is -0.364. The van der Waals surface area contributed by atoms with E-state index in [1.54, 1.807) is 24.5 Å². The molecular formula is C18H11ClN4O3S2. The maximum Gasteiger partial charge on any atom is 0.324 e. The molecule has 0 atom stereocenters. The average molecular weight is 431 g/mol. The number of pyridine rings is 1. The minimum Gasteiger partial charge on any atom is -0.279 e. The first-order valence-corrected chi connectivity index (χ1v) is 10.0. The summed E-state index contributed by atoms with van der Waals surface area (Å²) in [6, 6.07) is 11.9. The Morgan fingerprint density at radius 3 is 2.71 bits per heavy atom. The van der Waals surface area contributed by atoms with Gasteiger partial charge in [0.25, 0.3) is 5.91 Å². The Kier molecular flexibility index (Phi) is 5.03. The lowest BCUT2D eigenvalue weighted by atomic mass is 10.2. The largest absolute Gasteiger partial charge is 0.324 e. The third kappa shape index (κ3) is 3.59. The molecule has 0 spiro atoms. The van der Waals surface area contributed by atoms with E-state index in [2.05, 4.69) is 9.97 Å². The van der Waals surface area contributed by atoms with Crippen LogP contribution in [0.3, 0.4) is 0 Å². The second-order valence-electron chi connectivity index (χ2n) is 5.73. The van der Waals surface area contributed by atoms with Crippen molar-refractivity contribution >= 4 is 60.5 Å². The van der Waals surface area contributed by atoms with Crippen LogP contribution in [-0.2, 0) is 6.54 Å². The molecule has 4 rings (SSSR count). The molecule has 3 aromatic heterocycles. The molecule has 0 saturated carbocycles. The molecule has 0 saturated heterocycles. The van der Waals surface area contributed by atoms with E-state index in [-0.39, 0.29) is 22.3 Å². The molecule has 0 N–H and O–H groups in total. The standard InChI is InChI=1S/C18H11ClN4O3S2/c19-12-4-1-5-13-16(12)21-18(28-13)22(10-11-3-2-8-20-9-11)17(24)14-6-7-15(27-14)23(25)26/h1-9H,10H2. The van der Waals surface area contributed by atoms with Gasteiger partial charge in [0.1, 0.15) is 5.52 Å². The number of hydrogen-bond donors (Lipinski definition) is 0. The second-order valence-corrected chi connectivity index (χ2v) is 8.21. The van der Waals surface area contributed by atoms with Crippen LogP contribution in [0.5, 0.6) is 0 Å². The van der Waals surface area contributed by atoms with Crippen LogP contribution in [0, 0.1) is 10.1 Å². The summed E-state index contributed by atoms with van der Waals surface area (Å²) >= 11 is 8.40. The Bertz CT molecular complexity index is 1180. The zero-order valence-corrected chi connectivity index (χ0v) is 16.5. The molecule has 0 bridgehead atoms. The Morgan fingerprint density at radius 1 is 1.18 bits per heavy atom. The molecule has 28 heavy (non-hydrogen) atoms. The summed E-state index contributed by atoms with van der Waals surface area (Å²) in [6.07, 6.45) is 3.31. The molecule has 10 heteroatoms. The van der Waals surface area contributed by atoms with E-state index in [9.17, 15) is 14.9 Å². The fourth-order valence-corrected chi connectivity index (χ4v) is 4.63. The van der Waals surface area contributed by atoms with Crippen LogP contribution in [0.2, 0.25) is 5.02 Å². The Balaban J connectivity index is 1.77. The van der Waals surface area contributed by atoms with Gasteiger partial charge in [0.05, 0.1) is 26.1 Å². The van der Waals surface area contributed by atoms with Gasteiger partial charge in [-0.25, -0.2) is 4.98 Å². The van der Waals surface area contributed by atoms with E-state index in [0.29, 0.717) is 15.7 Å². The molecule has 140 valence electrons. The number of hydrogen-bond acceptors (Lipinski definition) is 7. The smallest absolute Gasteiger partial charge is 0.279 e. The highest BCUT2D eigenvalue weighted by molar-refractivity contribution is 7.22. The van der Waals surface area contributed by atoms with Gasteiger partial charge >= 0.3 is 5.00 Å². The van der Waals surface area contributed by atoms with Crippen LogP contribution in [0.15, 0.2) is 54.9 Å². The van der Waals surface area contributed by atoms with Crippen LogP contribution in [0.1, 0.15) is 15.2 Å². The number of halogens is 1. The van der Waals surface area contributed by atoms with Gasteiger partial charge < -0.3 is 0 Å². The SMILES string of the molecule is O=C(c1ccc([N+](=O)[O-])s1)N(Cc1cccnc1)c1nc2c(Cl)cccc2s1. The van der Waals surface area contributed by atoms with E-state index in [0.717, 1.165) is 21.6 Å². The second kappa shape index (κ2) is 7.63. The number of anilines is 1. The van der Waals surface area contributed by atoms with Crippen LogP contribution in [0.4, 0.5) is 10.1 Å². The number of rotatable bonds is 5. The molecule has 1 amide bonds. The van der Waals surface area contributed by atoms with E-state index in [1.807, 2.05) is 18.2 Å². The van der Waals surface area contributed by atoms with Gasteiger partial charge in [-0.1, -0.05) is 46.4 Å². The van der Waals surface area contributed by atoms with Crippen molar-refractivity contribution < 1.29 is 9.72 Å². The van der Waals surface area contributed by atoms with Gasteiger partial charge in [-0.2, -0.15) is 0 Å². The van der Waals surface area contributed by atoms with Gasteiger partial charge in [-0.15, -0.1) is 0 Å². The molecule has 4 aromatic rings. The lowest BCUT2D eigenvalue weighted by molar-refractivity contribution is -0.380. The number of benzene rings is 1. The number of carbonyl (C=O) groups is 1. The first-order chi connectivity index (χ1) is 13.5. The number of fused-ring (bicyclic) bond motifs is 1. The molecule has 0 fully saturated rings. The lowest BCUT2D eigenvalue weighted by Crippen LogP contribution is -2.29. The van der Waals surface area contributed by atoms with Crippen molar-refractivity contribution in [1.29, 1.82) is 0 Å². The molecule has 7 nitrogen and oxygen atoms in total. The predicted octanol–water partition coefficient (Wildman–Crippen LogP) is 5.16. The maximum atomic E-state index is 13.2. The van der Waals surface area contributed by atoms with Crippen molar-refractivity contribution in [2.45, 2.75) is 6.54 Å². The third-order valence-corrected chi connectivity index (χ3v) is 6.25. The number of aromatic nitrogens is 2. The summed E-state index contributed by atoms with van der Waals surface area (Å²) in [7, 11) is 0. The van der Waals surface area contributed by atoms with Crippen molar-refractivity contribution in [1.82, 2.24) is 9.97 Å². The third-order valence-electron chi connectivity index (χ3n) is 3.88. The maximum absolute atomic E-state index is 13.2. The number of thiazole rings is 1. The highest BCUT2D eigenvalue weighted by Crippen LogP contribution is 2.35. The van der Waals surface area contributed by atoms with Gasteiger partial charge in [-0.05, 0) is 29.8 Å².